The number of nitrogens with one attached hydrogen (secondary N) is 1. The average molecular weight is 449 g/mol. The molecule has 0 bridgehead atoms. The van der Waals surface area contributed by atoms with Crippen LogP contribution in [0.1, 0.15) is 52.3 Å². The highest BCUT2D eigenvalue weighted by atomic mass is 32.2. The van der Waals surface area contributed by atoms with Crippen LogP contribution in [-0.4, -0.2) is 54.6 Å². The number of fused-ring (bicyclic) bond motifs is 1. The molecule has 0 radical (unpaired) electrons. The summed E-state index contributed by atoms with van der Waals surface area (Å²) in [5.74, 6) is 2.39. The zero-order valence-electron chi connectivity index (χ0n) is 19.0. The molecule has 1 aromatic carbocycles. The van der Waals surface area contributed by atoms with Crippen LogP contribution in [0.25, 0.3) is 11.0 Å². The molecule has 2 aromatic rings. The lowest BCUT2D eigenvalue weighted by atomic mass is 9.78. The number of aryl methyl sites for hydroxylation is 1. The van der Waals surface area contributed by atoms with Crippen LogP contribution < -0.4 is 5.32 Å². The van der Waals surface area contributed by atoms with E-state index >= 15 is 0 Å². The number of hydrogen-bond donors (Lipinski definition) is 1. The van der Waals surface area contributed by atoms with Crippen LogP contribution in [0, 0.1) is 11.8 Å². The van der Waals surface area contributed by atoms with E-state index in [9.17, 15) is 8.42 Å². The second-order valence-corrected chi connectivity index (χ2v) is 11.0. The topological polar surface area (TPSA) is 76.5 Å². The maximum Gasteiger partial charge on any atom is 0.243 e. The van der Waals surface area contributed by atoms with Crippen molar-refractivity contribution in [2.24, 2.45) is 11.8 Å². The Morgan fingerprint density at radius 2 is 1.97 bits per heavy atom. The smallest absolute Gasteiger partial charge is 0.243 e. The molecule has 172 valence electrons. The summed E-state index contributed by atoms with van der Waals surface area (Å²) in [5.41, 5.74) is 1.76. The number of aromatic nitrogens is 2. The van der Waals surface area contributed by atoms with Gasteiger partial charge in [-0.3, -0.25) is 0 Å². The number of morpholine rings is 1. The zero-order chi connectivity index (χ0) is 22.0. The first kappa shape index (κ1) is 22.7. The molecule has 1 saturated heterocycles. The predicted octanol–water partition coefficient (Wildman–Crippen LogP) is 3.38. The Kier molecular flexibility index (Phi) is 7.01. The molecule has 1 aliphatic heterocycles. The first-order chi connectivity index (χ1) is 14.9. The van der Waals surface area contributed by atoms with Crippen molar-refractivity contribution < 1.29 is 13.2 Å². The molecule has 31 heavy (non-hydrogen) atoms. The third kappa shape index (κ3) is 4.67. The van der Waals surface area contributed by atoms with Crippen LogP contribution in [0.5, 0.6) is 0 Å². The summed E-state index contributed by atoms with van der Waals surface area (Å²) >= 11 is 0. The first-order valence-corrected chi connectivity index (χ1v) is 13.2. The molecule has 1 N–H and O–H groups in total. The number of nitrogens with zero attached hydrogens (tertiary/aromatic N) is 3. The Morgan fingerprint density at radius 1 is 1.19 bits per heavy atom. The van der Waals surface area contributed by atoms with E-state index in [1.54, 1.807) is 12.1 Å². The third-order valence-corrected chi connectivity index (χ3v) is 8.98. The van der Waals surface area contributed by atoms with Crippen molar-refractivity contribution in [1.82, 2.24) is 19.2 Å². The van der Waals surface area contributed by atoms with Gasteiger partial charge in [0, 0.05) is 25.7 Å². The second kappa shape index (κ2) is 9.57. The van der Waals surface area contributed by atoms with Gasteiger partial charge in [-0.1, -0.05) is 33.6 Å². The van der Waals surface area contributed by atoms with Gasteiger partial charge in [-0.15, -0.1) is 0 Å². The number of sulfonamides is 1. The summed E-state index contributed by atoms with van der Waals surface area (Å²) in [6.07, 6.45) is 4.80. The summed E-state index contributed by atoms with van der Waals surface area (Å²) in [6.45, 7) is 10.1. The molecule has 1 aromatic heterocycles. The molecular formula is C23H36N4O3S. The number of rotatable bonds is 7. The van der Waals surface area contributed by atoms with Crippen LogP contribution in [0.15, 0.2) is 23.1 Å². The van der Waals surface area contributed by atoms with E-state index in [1.165, 1.54) is 23.6 Å². The molecule has 1 saturated carbocycles. The molecule has 0 amide bonds. The Balaban J connectivity index is 1.59. The van der Waals surface area contributed by atoms with Gasteiger partial charge in [0.2, 0.25) is 10.0 Å². The van der Waals surface area contributed by atoms with Gasteiger partial charge in [0.05, 0.1) is 35.7 Å². The highest BCUT2D eigenvalue weighted by molar-refractivity contribution is 7.89. The minimum atomic E-state index is -3.52. The highest BCUT2D eigenvalue weighted by Gasteiger charge is 2.28. The Morgan fingerprint density at radius 3 is 2.71 bits per heavy atom. The van der Waals surface area contributed by atoms with Crippen molar-refractivity contribution in [1.29, 1.82) is 0 Å². The lowest BCUT2D eigenvalue weighted by molar-refractivity contribution is 0.0730. The van der Waals surface area contributed by atoms with Crippen LogP contribution in [0.3, 0.4) is 0 Å². The molecule has 2 fully saturated rings. The van der Waals surface area contributed by atoms with Crippen molar-refractivity contribution >= 4 is 21.1 Å². The standard InChI is InChI=1S/C23H36N4O3S/c1-4-10-27-22-9-8-19(31(28,29)26-11-13-30-14-12-26)15-21(22)25-23(27)16-24-20-7-5-6-17(2)18(20)3/h8-9,15,17-18,20,24H,4-7,10-14,16H2,1-3H3. The SMILES string of the molecule is CCCn1c(CNC2CCCC(C)C2C)nc2cc(S(=O)(=O)N3CCOCC3)ccc21. The van der Waals surface area contributed by atoms with E-state index in [1.807, 2.05) is 6.07 Å². The highest BCUT2D eigenvalue weighted by Crippen LogP contribution is 2.30. The summed E-state index contributed by atoms with van der Waals surface area (Å²) in [7, 11) is -3.52. The van der Waals surface area contributed by atoms with Gasteiger partial charge < -0.3 is 14.6 Å². The second-order valence-electron chi connectivity index (χ2n) is 9.10. The maximum atomic E-state index is 13.1. The summed E-state index contributed by atoms with van der Waals surface area (Å²) in [5, 5.41) is 3.75. The minimum Gasteiger partial charge on any atom is -0.379 e. The molecule has 4 rings (SSSR count). The van der Waals surface area contributed by atoms with Gasteiger partial charge in [0.25, 0.3) is 0 Å². The summed E-state index contributed by atoms with van der Waals surface area (Å²) in [4.78, 5) is 5.19. The van der Waals surface area contributed by atoms with Gasteiger partial charge in [-0.2, -0.15) is 4.31 Å². The van der Waals surface area contributed by atoms with Crippen molar-refractivity contribution in [2.45, 2.75) is 70.5 Å². The Labute approximate surface area is 186 Å². The number of benzene rings is 1. The Bertz CT molecular complexity index is 998. The van der Waals surface area contributed by atoms with Crippen molar-refractivity contribution in [3.63, 3.8) is 0 Å². The molecule has 1 aliphatic carbocycles. The lowest BCUT2D eigenvalue weighted by Gasteiger charge is -2.34. The van der Waals surface area contributed by atoms with Crippen LogP contribution in [0.2, 0.25) is 0 Å². The quantitative estimate of drug-likeness (QED) is 0.703. The van der Waals surface area contributed by atoms with E-state index in [2.05, 4.69) is 30.7 Å². The fraction of sp³-hybridized carbons (Fsp3) is 0.696. The van der Waals surface area contributed by atoms with Gasteiger partial charge in [-0.05, 0) is 42.9 Å². The van der Waals surface area contributed by atoms with E-state index in [0.29, 0.717) is 49.7 Å². The van der Waals surface area contributed by atoms with Gasteiger partial charge in [-0.25, -0.2) is 13.4 Å². The summed E-state index contributed by atoms with van der Waals surface area (Å²) < 4.78 is 35.2. The zero-order valence-corrected chi connectivity index (χ0v) is 19.8. The third-order valence-electron chi connectivity index (χ3n) is 7.08. The van der Waals surface area contributed by atoms with Crippen LogP contribution >= 0.6 is 0 Å². The molecular weight excluding hydrogens is 412 g/mol. The van der Waals surface area contributed by atoms with Crippen LogP contribution in [-0.2, 0) is 27.8 Å². The van der Waals surface area contributed by atoms with Crippen molar-refractivity contribution in [2.75, 3.05) is 26.3 Å². The van der Waals surface area contributed by atoms with Crippen molar-refractivity contribution in [3.05, 3.63) is 24.0 Å². The molecule has 3 unspecified atom stereocenters. The van der Waals surface area contributed by atoms with Gasteiger partial charge in [0.15, 0.2) is 0 Å². The lowest BCUT2D eigenvalue weighted by Crippen LogP contribution is -2.40. The molecule has 7 nitrogen and oxygen atoms in total. The van der Waals surface area contributed by atoms with Gasteiger partial charge in [0.1, 0.15) is 5.82 Å². The molecule has 2 aliphatic rings. The van der Waals surface area contributed by atoms with E-state index in [4.69, 9.17) is 9.72 Å². The monoisotopic (exact) mass is 448 g/mol. The number of ether oxygens (including phenoxy) is 1. The van der Waals surface area contributed by atoms with Crippen molar-refractivity contribution in [3.8, 4) is 0 Å². The van der Waals surface area contributed by atoms with Crippen LogP contribution in [0.4, 0.5) is 0 Å². The van der Waals surface area contributed by atoms with E-state index in [0.717, 1.165) is 35.7 Å². The fourth-order valence-corrected chi connectivity index (χ4v) is 6.38. The summed E-state index contributed by atoms with van der Waals surface area (Å²) in [6, 6.07) is 5.89. The fourth-order valence-electron chi connectivity index (χ4n) is 4.96. The largest absolute Gasteiger partial charge is 0.379 e. The molecule has 8 heteroatoms. The average Bonchev–Trinajstić information content (AvgIpc) is 3.12. The molecule has 2 heterocycles. The van der Waals surface area contributed by atoms with E-state index in [-0.39, 0.29) is 0 Å². The number of imidazole rings is 1. The number of hydrogen-bond acceptors (Lipinski definition) is 5. The van der Waals surface area contributed by atoms with E-state index < -0.39 is 10.0 Å². The molecule has 3 atom stereocenters. The molecule has 0 spiro atoms. The maximum absolute atomic E-state index is 13.1. The Hall–Kier alpha value is -1.48. The van der Waals surface area contributed by atoms with Gasteiger partial charge >= 0.3 is 0 Å². The predicted molar refractivity (Wildman–Crippen MR) is 122 cm³/mol. The minimum absolute atomic E-state index is 0.317. The first-order valence-electron chi connectivity index (χ1n) is 11.7. The normalized spacial score (nSPS) is 25.8.